The molecule has 5 heteroatoms. The zero-order valence-electron chi connectivity index (χ0n) is 12.0. The van der Waals surface area contributed by atoms with Crippen LogP contribution in [0, 0.1) is 5.82 Å². The molecule has 0 amide bonds. The van der Waals surface area contributed by atoms with Crippen LogP contribution in [0.25, 0.3) is 0 Å². The molecule has 3 rings (SSSR count). The van der Waals surface area contributed by atoms with Crippen molar-refractivity contribution in [3.8, 4) is 0 Å². The van der Waals surface area contributed by atoms with Gasteiger partial charge in [0.2, 0.25) is 0 Å². The summed E-state index contributed by atoms with van der Waals surface area (Å²) in [6.45, 7) is 0.401. The molecule has 0 bridgehead atoms. The predicted octanol–water partition coefficient (Wildman–Crippen LogP) is 2.54. The lowest BCUT2D eigenvalue weighted by Gasteiger charge is -2.07. The summed E-state index contributed by atoms with van der Waals surface area (Å²) in [4.78, 5) is 11.9. The number of hydrogen-bond acceptors (Lipinski definition) is 2. The van der Waals surface area contributed by atoms with Gasteiger partial charge in [-0.1, -0.05) is 48.5 Å². The van der Waals surface area contributed by atoms with Crippen molar-refractivity contribution >= 4 is 0 Å². The quantitative estimate of drug-likeness (QED) is 0.787. The molecule has 0 aliphatic heterocycles. The Morgan fingerprint density at radius 2 is 1.77 bits per heavy atom. The van der Waals surface area contributed by atoms with E-state index < -0.39 is 0 Å². The molecular formula is C17H16FN3O. The zero-order valence-corrected chi connectivity index (χ0v) is 12.0. The van der Waals surface area contributed by atoms with E-state index in [2.05, 4.69) is 10.2 Å². The molecule has 0 unspecified atom stereocenters. The van der Waals surface area contributed by atoms with Crippen molar-refractivity contribution in [1.29, 1.82) is 0 Å². The Labute approximate surface area is 127 Å². The summed E-state index contributed by atoms with van der Waals surface area (Å²) in [5.41, 5.74) is 1.41. The second-order valence-electron chi connectivity index (χ2n) is 5.10. The highest BCUT2D eigenvalue weighted by molar-refractivity contribution is 5.19. The lowest BCUT2D eigenvalue weighted by molar-refractivity contribution is 0.582. The first-order valence-electron chi connectivity index (χ1n) is 7.15. The molecule has 0 saturated heterocycles. The van der Waals surface area contributed by atoms with Gasteiger partial charge in [-0.3, -0.25) is 4.57 Å². The van der Waals surface area contributed by atoms with Gasteiger partial charge in [-0.05, 0) is 23.6 Å². The molecule has 0 radical (unpaired) electrons. The normalized spacial score (nSPS) is 10.8. The number of aryl methyl sites for hydroxylation is 1. The third kappa shape index (κ3) is 3.14. The van der Waals surface area contributed by atoms with Gasteiger partial charge < -0.3 is 0 Å². The minimum absolute atomic E-state index is 0.247. The number of benzene rings is 2. The van der Waals surface area contributed by atoms with Crippen LogP contribution in [0.3, 0.4) is 0 Å². The summed E-state index contributed by atoms with van der Waals surface area (Å²) >= 11 is 0. The van der Waals surface area contributed by atoms with Gasteiger partial charge in [0.1, 0.15) is 11.6 Å². The Kier molecular flexibility index (Phi) is 4.14. The molecule has 22 heavy (non-hydrogen) atoms. The molecule has 0 saturated carbocycles. The number of aromatic nitrogens is 3. The fraction of sp³-hybridized carbons (Fsp3) is 0.176. The van der Waals surface area contributed by atoms with Crippen LogP contribution in [0.2, 0.25) is 0 Å². The van der Waals surface area contributed by atoms with E-state index in [1.165, 1.54) is 6.07 Å². The van der Waals surface area contributed by atoms with Gasteiger partial charge in [0.15, 0.2) is 0 Å². The van der Waals surface area contributed by atoms with Crippen molar-refractivity contribution in [1.82, 2.24) is 14.8 Å². The van der Waals surface area contributed by atoms with Gasteiger partial charge in [-0.15, -0.1) is 0 Å². The number of nitrogens with zero attached hydrogens (tertiary/aromatic N) is 2. The summed E-state index contributed by atoms with van der Waals surface area (Å²) in [6.07, 6.45) is 1.02. The van der Waals surface area contributed by atoms with E-state index >= 15 is 0 Å². The number of nitrogens with one attached hydrogen (secondary N) is 1. The van der Waals surface area contributed by atoms with Crippen molar-refractivity contribution < 1.29 is 4.39 Å². The van der Waals surface area contributed by atoms with Crippen molar-refractivity contribution in [2.24, 2.45) is 0 Å². The molecule has 0 atom stereocenters. The van der Waals surface area contributed by atoms with Crippen molar-refractivity contribution in [2.45, 2.75) is 19.4 Å². The Balaban J connectivity index is 1.78. The van der Waals surface area contributed by atoms with Gasteiger partial charge >= 0.3 is 5.69 Å². The fourth-order valence-corrected chi connectivity index (χ4v) is 2.43. The lowest BCUT2D eigenvalue weighted by Crippen LogP contribution is -2.20. The van der Waals surface area contributed by atoms with E-state index in [1.54, 1.807) is 22.8 Å². The Hall–Kier alpha value is -2.69. The SMILES string of the molecule is O=c1[nH]nc(Cc2ccccc2)n1CCc1ccccc1F. The summed E-state index contributed by atoms with van der Waals surface area (Å²) in [7, 11) is 0. The second kappa shape index (κ2) is 6.39. The average molecular weight is 297 g/mol. The molecule has 112 valence electrons. The number of hydrogen-bond donors (Lipinski definition) is 1. The van der Waals surface area contributed by atoms with Gasteiger partial charge in [-0.25, -0.2) is 14.3 Å². The number of rotatable bonds is 5. The smallest absolute Gasteiger partial charge is 0.278 e. The molecular weight excluding hydrogens is 281 g/mol. The predicted molar refractivity (Wildman–Crippen MR) is 82.2 cm³/mol. The van der Waals surface area contributed by atoms with Crippen molar-refractivity contribution in [2.75, 3.05) is 0 Å². The molecule has 0 fully saturated rings. The second-order valence-corrected chi connectivity index (χ2v) is 5.10. The first kappa shape index (κ1) is 14.3. The van der Waals surface area contributed by atoms with Crippen LogP contribution in [0.1, 0.15) is 17.0 Å². The molecule has 0 aliphatic rings. The van der Waals surface area contributed by atoms with Crippen LogP contribution in [0.5, 0.6) is 0 Å². The Morgan fingerprint density at radius 1 is 1.05 bits per heavy atom. The summed E-state index contributed by atoms with van der Waals surface area (Å²) in [5, 5.41) is 6.55. The minimum atomic E-state index is -0.262. The molecule has 1 N–H and O–H groups in total. The third-order valence-electron chi connectivity index (χ3n) is 3.60. The first-order valence-corrected chi connectivity index (χ1v) is 7.15. The molecule has 2 aromatic carbocycles. The summed E-state index contributed by atoms with van der Waals surface area (Å²) in [5.74, 6) is 0.413. The number of H-pyrrole nitrogens is 1. The molecule has 0 spiro atoms. The summed E-state index contributed by atoms with van der Waals surface area (Å²) < 4.78 is 15.2. The van der Waals surface area contributed by atoms with E-state index in [4.69, 9.17) is 0 Å². The molecule has 4 nitrogen and oxygen atoms in total. The van der Waals surface area contributed by atoms with E-state index in [1.807, 2.05) is 30.3 Å². The number of halogens is 1. The topological polar surface area (TPSA) is 50.7 Å². The lowest BCUT2D eigenvalue weighted by atomic mass is 10.1. The van der Waals surface area contributed by atoms with Gasteiger partial charge in [-0.2, -0.15) is 5.10 Å². The zero-order chi connectivity index (χ0) is 15.4. The van der Waals surface area contributed by atoms with Crippen molar-refractivity contribution in [3.05, 3.63) is 87.9 Å². The largest absolute Gasteiger partial charge is 0.343 e. The Morgan fingerprint density at radius 3 is 2.55 bits per heavy atom. The average Bonchev–Trinajstić information content (AvgIpc) is 2.88. The highest BCUT2D eigenvalue weighted by Gasteiger charge is 2.10. The van der Waals surface area contributed by atoms with Gasteiger partial charge in [0, 0.05) is 13.0 Å². The van der Waals surface area contributed by atoms with Gasteiger partial charge in [0.25, 0.3) is 0 Å². The summed E-state index contributed by atoms with van der Waals surface area (Å²) in [6, 6.07) is 16.4. The standard InChI is InChI=1S/C17H16FN3O/c18-15-9-5-4-8-14(15)10-11-21-16(19-20-17(21)22)12-13-6-2-1-3-7-13/h1-9H,10-12H2,(H,20,22). The molecule has 1 heterocycles. The maximum Gasteiger partial charge on any atom is 0.343 e. The van der Waals surface area contributed by atoms with Crippen LogP contribution in [-0.4, -0.2) is 14.8 Å². The fourth-order valence-electron chi connectivity index (χ4n) is 2.43. The minimum Gasteiger partial charge on any atom is -0.278 e. The Bertz CT molecular complexity index is 808. The highest BCUT2D eigenvalue weighted by atomic mass is 19.1. The van der Waals surface area contributed by atoms with Crippen LogP contribution < -0.4 is 5.69 Å². The number of aromatic amines is 1. The van der Waals surface area contributed by atoms with Crippen LogP contribution in [0.4, 0.5) is 4.39 Å². The van der Waals surface area contributed by atoms with Gasteiger partial charge in [0.05, 0.1) is 0 Å². The van der Waals surface area contributed by atoms with E-state index in [9.17, 15) is 9.18 Å². The molecule has 3 aromatic rings. The van der Waals surface area contributed by atoms with E-state index in [0.29, 0.717) is 30.8 Å². The van der Waals surface area contributed by atoms with Crippen LogP contribution >= 0.6 is 0 Å². The van der Waals surface area contributed by atoms with Crippen LogP contribution in [0.15, 0.2) is 59.4 Å². The first-order chi connectivity index (χ1) is 10.7. The molecule has 0 aliphatic carbocycles. The maximum absolute atomic E-state index is 13.7. The van der Waals surface area contributed by atoms with Crippen LogP contribution in [-0.2, 0) is 19.4 Å². The third-order valence-corrected chi connectivity index (χ3v) is 3.60. The van der Waals surface area contributed by atoms with E-state index in [-0.39, 0.29) is 11.5 Å². The maximum atomic E-state index is 13.7. The monoisotopic (exact) mass is 297 g/mol. The van der Waals surface area contributed by atoms with Crippen molar-refractivity contribution in [3.63, 3.8) is 0 Å². The molecule has 1 aromatic heterocycles. The highest BCUT2D eigenvalue weighted by Crippen LogP contribution is 2.10. The van der Waals surface area contributed by atoms with E-state index in [0.717, 1.165) is 5.56 Å².